The summed E-state index contributed by atoms with van der Waals surface area (Å²) in [6.45, 7) is 0.459. The third kappa shape index (κ3) is 2.74. The van der Waals surface area contributed by atoms with Crippen LogP contribution in [0.4, 0.5) is 5.69 Å². The van der Waals surface area contributed by atoms with Crippen molar-refractivity contribution in [3.05, 3.63) is 70.5 Å². The predicted octanol–water partition coefficient (Wildman–Crippen LogP) is 2.42. The normalized spacial score (nSPS) is 12.6. The fourth-order valence-corrected chi connectivity index (χ4v) is 2.92. The number of nitrogens with one attached hydrogen (secondary N) is 2. The summed E-state index contributed by atoms with van der Waals surface area (Å²) in [6, 6.07) is 12.4. The van der Waals surface area contributed by atoms with Gasteiger partial charge in [0.15, 0.2) is 5.69 Å². The number of fused-ring (bicyclic) bond motifs is 1. The minimum atomic E-state index is -0.452. The Morgan fingerprint density at radius 1 is 1.20 bits per heavy atom. The van der Waals surface area contributed by atoms with Crippen molar-refractivity contribution in [3.8, 4) is 5.69 Å². The van der Waals surface area contributed by atoms with E-state index in [0.717, 1.165) is 5.56 Å². The molecule has 2 aromatic carbocycles. The first kappa shape index (κ1) is 15.3. The summed E-state index contributed by atoms with van der Waals surface area (Å²) in [5.74, 6) is -0.656. The Hall–Kier alpha value is -3.19. The first-order chi connectivity index (χ1) is 12.1. The number of hydrogen-bond donors (Lipinski definition) is 2. The fourth-order valence-electron chi connectivity index (χ4n) is 2.69. The summed E-state index contributed by atoms with van der Waals surface area (Å²) in [7, 11) is 0. The van der Waals surface area contributed by atoms with E-state index in [-0.39, 0.29) is 11.6 Å². The van der Waals surface area contributed by atoms with E-state index in [2.05, 4.69) is 20.9 Å². The predicted molar refractivity (Wildman–Crippen MR) is 91.9 cm³/mol. The van der Waals surface area contributed by atoms with E-state index >= 15 is 0 Å². The van der Waals surface area contributed by atoms with Crippen molar-refractivity contribution in [2.24, 2.45) is 0 Å². The van der Waals surface area contributed by atoms with Gasteiger partial charge in [0.2, 0.25) is 0 Å². The third-order valence-electron chi connectivity index (χ3n) is 3.89. The fraction of sp³-hybridized carbons (Fsp3) is 0.0588. The molecule has 25 heavy (non-hydrogen) atoms. The highest BCUT2D eigenvalue weighted by atomic mass is 35.5. The van der Waals surface area contributed by atoms with Gasteiger partial charge >= 0.3 is 0 Å². The van der Waals surface area contributed by atoms with Crippen LogP contribution in [0.2, 0.25) is 5.02 Å². The number of amides is 2. The van der Waals surface area contributed by atoms with E-state index in [1.54, 1.807) is 30.3 Å². The van der Waals surface area contributed by atoms with Gasteiger partial charge in [0, 0.05) is 6.54 Å². The molecule has 1 aliphatic rings. The van der Waals surface area contributed by atoms with Gasteiger partial charge in [-0.25, -0.2) is 4.68 Å². The van der Waals surface area contributed by atoms with E-state index < -0.39 is 5.91 Å². The number of carbonyl (C=O) groups is 2. The van der Waals surface area contributed by atoms with E-state index in [1.165, 1.54) is 10.9 Å². The maximum Gasteiger partial charge on any atom is 0.277 e. The van der Waals surface area contributed by atoms with Crippen molar-refractivity contribution in [3.63, 3.8) is 0 Å². The molecule has 0 unspecified atom stereocenters. The number of carbonyl (C=O) groups excluding carboxylic acids is 2. The van der Waals surface area contributed by atoms with Crippen LogP contribution in [0.5, 0.6) is 0 Å². The summed E-state index contributed by atoms with van der Waals surface area (Å²) in [6.07, 6.45) is 1.49. The van der Waals surface area contributed by atoms with Crippen molar-refractivity contribution >= 4 is 29.1 Å². The topological polar surface area (TPSA) is 88.9 Å². The SMILES string of the molecule is O=C(Nc1cccc2c1C(=O)NC2)c1cn(-c2ccccc2Cl)nn1. The number of para-hydroxylation sites is 1. The van der Waals surface area contributed by atoms with Crippen LogP contribution in [0, 0.1) is 0 Å². The second-order valence-corrected chi connectivity index (χ2v) is 5.88. The van der Waals surface area contributed by atoms with Gasteiger partial charge in [-0.15, -0.1) is 5.10 Å². The Kier molecular flexibility index (Phi) is 3.70. The molecule has 2 heterocycles. The van der Waals surface area contributed by atoms with E-state index in [4.69, 9.17) is 11.6 Å². The molecule has 0 saturated carbocycles. The smallest absolute Gasteiger partial charge is 0.277 e. The van der Waals surface area contributed by atoms with Crippen LogP contribution < -0.4 is 10.6 Å². The van der Waals surface area contributed by atoms with Crippen LogP contribution in [0.25, 0.3) is 5.69 Å². The van der Waals surface area contributed by atoms with Gasteiger partial charge in [0.05, 0.1) is 28.2 Å². The maximum absolute atomic E-state index is 12.5. The summed E-state index contributed by atoms with van der Waals surface area (Å²) in [5.41, 5.74) is 2.52. The second kappa shape index (κ2) is 6.03. The quantitative estimate of drug-likeness (QED) is 0.756. The van der Waals surface area contributed by atoms with E-state index in [0.29, 0.717) is 28.5 Å². The number of halogens is 1. The van der Waals surface area contributed by atoms with Crippen molar-refractivity contribution < 1.29 is 9.59 Å². The lowest BCUT2D eigenvalue weighted by Crippen LogP contribution is -2.17. The zero-order valence-corrected chi connectivity index (χ0v) is 13.6. The minimum absolute atomic E-state index is 0.121. The number of nitrogens with zero attached hydrogens (tertiary/aromatic N) is 3. The molecule has 2 amide bonds. The number of benzene rings is 2. The van der Waals surface area contributed by atoms with Gasteiger partial charge < -0.3 is 10.6 Å². The molecule has 0 radical (unpaired) electrons. The molecule has 1 aliphatic heterocycles. The highest BCUT2D eigenvalue weighted by molar-refractivity contribution is 6.32. The van der Waals surface area contributed by atoms with Crippen LogP contribution in [0.3, 0.4) is 0 Å². The molecule has 3 aromatic rings. The van der Waals surface area contributed by atoms with Crippen molar-refractivity contribution in [2.45, 2.75) is 6.54 Å². The summed E-state index contributed by atoms with van der Waals surface area (Å²) in [5, 5.41) is 13.8. The number of anilines is 1. The summed E-state index contributed by atoms with van der Waals surface area (Å²) < 4.78 is 1.43. The standard InChI is InChI=1S/C17H12ClN5O2/c18-11-5-1-2-7-14(11)23-9-13(21-22-23)16(24)20-12-6-3-4-10-8-19-17(25)15(10)12/h1-7,9H,8H2,(H,19,25)(H,20,24). The van der Waals surface area contributed by atoms with Gasteiger partial charge in [-0.1, -0.05) is 41.1 Å². The van der Waals surface area contributed by atoms with Crippen LogP contribution in [-0.4, -0.2) is 26.8 Å². The molecule has 0 fully saturated rings. The highest BCUT2D eigenvalue weighted by Gasteiger charge is 2.24. The molecule has 0 spiro atoms. The van der Waals surface area contributed by atoms with Crippen LogP contribution in [0.1, 0.15) is 26.4 Å². The number of hydrogen-bond acceptors (Lipinski definition) is 4. The average molecular weight is 354 g/mol. The Labute approximate surface area is 147 Å². The van der Waals surface area contributed by atoms with Crippen LogP contribution >= 0.6 is 11.6 Å². The van der Waals surface area contributed by atoms with E-state index in [1.807, 2.05) is 12.1 Å². The van der Waals surface area contributed by atoms with Crippen LogP contribution in [0.15, 0.2) is 48.7 Å². The molecule has 2 N–H and O–H groups in total. The van der Waals surface area contributed by atoms with Crippen molar-refractivity contribution in [1.29, 1.82) is 0 Å². The second-order valence-electron chi connectivity index (χ2n) is 5.48. The Morgan fingerprint density at radius 2 is 2.04 bits per heavy atom. The third-order valence-corrected chi connectivity index (χ3v) is 4.21. The van der Waals surface area contributed by atoms with Gasteiger partial charge in [-0.05, 0) is 23.8 Å². The molecule has 8 heteroatoms. The molecule has 4 rings (SSSR count). The summed E-state index contributed by atoms with van der Waals surface area (Å²) in [4.78, 5) is 24.4. The lowest BCUT2D eigenvalue weighted by atomic mass is 10.1. The number of aromatic nitrogens is 3. The highest BCUT2D eigenvalue weighted by Crippen LogP contribution is 2.25. The molecule has 7 nitrogen and oxygen atoms in total. The lowest BCUT2D eigenvalue weighted by molar-refractivity contribution is 0.0966. The van der Waals surface area contributed by atoms with Gasteiger partial charge in [0.25, 0.3) is 11.8 Å². The molecular weight excluding hydrogens is 342 g/mol. The molecule has 0 saturated heterocycles. The number of rotatable bonds is 3. The molecule has 0 atom stereocenters. The molecule has 124 valence electrons. The lowest BCUT2D eigenvalue weighted by Gasteiger charge is -2.07. The van der Waals surface area contributed by atoms with Gasteiger partial charge in [-0.3, -0.25) is 9.59 Å². The molecule has 0 aliphatic carbocycles. The zero-order chi connectivity index (χ0) is 17.4. The summed E-state index contributed by atoms with van der Waals surface area (Å²) >= 11 is 6.12. The molecular formula is C17H12ClN5O2. The van der Waals surface area contributed by atoms with E-state index in [9.17, 15) is 9.59 Å². The monoisotopic (exact) mass is 353 g/mol. The molecule has 0 bridgehead atoms. The van der Waals surface area contributed by atoms with Crippen LogP contribution in [-0.2, 0) is 6.54 Å². The van der Waals surface area contributed by atoms with Crippen molar-refractivity contribution in [1.82, 2.24) is 20.3 Å². The Morgan fingerprint density at radius 3 is 2.88 bits per heavy atom. The molecule has 1 aromatic heterocycles. The van der Waals surface area contributed by atoms with Gasteiger partial charge in [-0.2, -0.15) is 0 Å². The largest absolute Gasteiger partial charge is 0.348 e. The minimum Gasteiger partial charge on any atom is -0.348 e. The zero-order valence-electron chi connectivity index (χ0n) is 12.9. The Balaban J connectivity index is 1.61. The first-order valence-electron chi connectivity index (χ1n) is 7.52. The maximum atomic E-state index is 12.5. The van der Waals surface area contributed by atoms with Crippen molar-refractivity contribution in [2.75, 3.05) is 5.32 Å². The Bertz CT molecular complexity index is 998. The average Bonchev–Trinajstić information content (AvgIpc) is 3.23. The first-order valence-corrected chi connectivity index (χ1v) is 7.90. The van der Waals surface area contributed by atoms with Gasteiger partial charge in [0.1, 0.15) is 0 Å².